The number of likely N-dealkylation sites (tertiary alicyclic amines) is 1. The lowest BCUT2D eigenvalue weighted by atomic mass is 9.96. The lowest BCUT2D eigenvalue weighted by Crippen LogP contribution is -2.43. The van der Waals surface area contributed by atoms with Gasteiger partial charge in [-0.2, -0.15) is 0 Å². The second-order valence-corrected chi connectivity index (χ2v) is 7.51. The van der Waals surface area contributed by atoms with Crippen LogP contribution in [0.25, 0.3) is 0 Å². The van der Waals surface area contributed by atoms with Gasteiger partial charge in [-0.25, -0.2) is 4.79 Å². The molecule has 0 radical (unpaired) electrons. The van der Waals surface area contributed by atoms with Gasteiger partial charge in [-0.15, -0.1) is 0 Å². The van der Waals surface area contributed by atoms with E-state index in [-0.39, 0.29) is 23.8 Å². The zero-order valence-corrected chi connectivity index (χ0v) is 17.4. The molecule has 0 saturated carbocycles. The van der Waals surface area contributed by atoms with E-state index in [9.17, 15) is 14.4 Å². The Morgan fingerprint density at radius 3 is 2.43 bits per heavy atom. The predicted octanol–water partition coefficient (Wildman–Crippen LogP) is 3.63. The summed E-state index contributed by atoms with van der Waals surface area (Å²) in [6.45, 7) is 5.41. The van der Waals surface area contributed by atoms with E-state index >= 15 is 0 Å². The quantitative estimate of drug-likeness (QED) is 0.706. The average molecular weight is 409 g/mol. The molecule has 158 valence electrons. The van der Waals surface area contributed by atoms with Crippen LogP contribution in [0.3, 0.4) is 0 Å². The minimum absolute atomic E-state index is 0.0411. The van der Waals surface area contributed by atoms with Crippen molar-refractivity contribution in [3.05, 3.63) is 59.7 Å². The van der Waals surface area contributed by atoms with Crippen LogP contribution in [0.1, 0.15) is 35.7 Å². The molecular weight excluding hydrogens is 380 g/mol. The summed E-state index contributed by atoms with van der Waals surface area (Å²) in [4.78, 5) is 39.0. The molecule has 7 nitrogen and oxygen atoms in total. The zero-order valence-electron chi connectivity index (χ0n) is 17.4. The predicted molar refractivity (Wildman–Crippen MR) is 118 cm³/mol. The fourth-order valence-electron chi connectivity index (χ4n) is 3.51. The Labute approximate surface area is 176 Å². The van der Waals surface area contributed by atoms with E-state index in [1.165, 1.54) is 0 Å². The largest absolute Gasteiger partial charge is 0.338 e. The number of nitrogens with one attached hydrogen (secondary N) is 3. The molecule has 1 fully saturated rings. The third kappa shape index (κ3) is 5.59. The van der Waals surface area contributed by atoms with Crippen molar-refractivity contribution in [1.82, 2.24) is 10.2 Å². The molecule has 1 aliphatic heterocycles. The third-order valence-electron chi connectivity index (χ3n) is 5.10. The maximum atomic E-state index is 12.8. The van der Waals surface area contributed by atoms with Crippen LogP contribution < -0.4 is 16.0 Å². The van der Waals surface area contributed by atoms with Crippen molar-refractivity contribution in [2.45, 2.75) is 26.7 Å². The number of amides is 4. The number of carbonyl (C=O) groups is 3. The Hall–Kier alpha value is -3.35. The number of carbonyl (C=O) groups excluding carboxylic acids is 3. The topological polar surface area (TPSA) is 90.5 Å². The number of benzene rings is 2. The van der Waals surface area contributed by atoms with Crippen LogP contribution >= 0.6 is 0 Å². The molecule has 30 heavy (non-hydrogen) atoms. The summed E-state index contributed by atoms with van der Waals surface area (Å²) in [7, 11) is 0. The fourth-order valence-corrected chi connectivity index (χ4v) is 3.51. The number of aryl methyl sites for hydroxylation is 1. The molecule has 0 bridgehead atoms. The van der Waals surface area contributed by atoms with Crippen molar-refractivity contribution in [2.24, 2.45) is 5.92 Å². The van der Waals surface area contributed by atoms with E-state index in [1.807, 2.05) is 38.1 Å². The highest BCUT2D eigenvalue weighted by molar-refractivity contribution is 5.97. The summed E-state index contributed by atoms with van der Waals surface area (Å²) in [5, 5.41) is 8.30. The zero-order chi connectivity index (χ0) is 21.5. The van der Waals surface area contributed by atoms with E-state index in [1.54, 1.807) is 29.2 Å². The second-order valence-electron chi connectivity index (χ2n) is 7.51. The number of anilines is 2. The molecule has 1 atom stereocenters. The maximum absolute atomic E-state index is 12.8. The summed E-state index contributed by atoms with van der Waals surface area (Å²) >= 11 is 0. The number of hydrogen-bond acceptors (Lipinski definition) is 3. The Bertz CT molecular complexity index is 911. The summed E-state index contributed by atoms with van der Waals surface area (Å²) in [5.74, 6) is -0.430. The Balaban J connectivity index is 1.61. The first-order chi connectivity index (χ1) is 14.5. The summed E-state index contributed by atoms with van der Waals surface area (Å²) in [5.41, 5.74) is 2.95. The van der Waals surface area contributed by atoms with Crippen molar-refractivity contribution >= 4 is 29.2 Å². The minimum atomic E-state index is -0.293. The van der Waals surface area contributed by atoms with Crippen molar-refractivity contribution in [3.63, 3.8) is 0 Å². The van der Waals surface area contributed by atoms with Gasteiger partial charge in [-0.3, -0.25) is 9.59 Å². The SMILES string of the molecule is CCNC(=O)Nc1cccc(NC(=O)C2CCCN(C(=O)c3ccc(C)cc3)C2)c1. The summed E-state index contributed by atoms with van der Waals surface area (Å²) in [6.07, 6.45) is 1.52. The molecule has 2 aromatic carbocycles. The van der Waals surface area contributed by atoms with E-state index in [0.717, 1.165) is 18.4 Å². The molecule has 1 saturated heterocycles. The first-order valence-electron chi connectivity index (χ1n) is 10.3. The van der Waals surface area contributed by atoms with Gasteiger partial charge in [0.25, 0.3) is 5.91 Å². The summed E-state index contributed by atoms with van der Waals surface area (Å²) < 4.78 is 0. The van der Waals surface area contributed by atoms with E-state index < -0.39 is 0 Å². The van der Waals surface area contributed by atoms with Crippen molar-refractivity contribution in [1.29, 1.82) is 0 Å². The first-order valence-corrected chi connectivity index (χ1v) is 10.3. The molecule has 3 rings (SSSR count). The molecule has 0 spiro atoms. The Kier molecular flexibility index (Phi) is 7.06. The van der Waals surface area contributed by atoms with Crippen LogP contribution in [0.5, 0.6) is 0 Å². The number of hydrogen-bond donors (Lipinski definition) is 3. The fraction of sp³-hybridized carbons (Fsp3) is 0.348. The van der Waals surface area contributed by atoms with Crippen LogP contribution in [-0.4, -0.2) is 42.4 Å². The molecule has 1 unspecified atom stereocenters. The lowest BCUT2D eigenvalue weighted by Gasteiger charge is -2.32. The van der Waals surface area contributed by atoms with Crippen LogP contribution in [-0.2, 0) is 4.79 Å². The molecule has 3 N–H and O–H groups in total. The van der Waals surface area contributed by atoms with Gasteiger partial charge in [0.2, 0.25) is 5.91 Å². The molecule has 0 aliphatic carbocycles. The van der Waals surface area contributed by atoms with Crippen LogP contribution in [0.4, 0.5) is 16.2 Å². The van der Waals surface area contributed by atoms with E-state index in [4.69, 9.17) is 0 Å². The molecule has 2 aromatic rings. The molecule has 7 heteroatoms. The van der Waals surface area contributed by atoms with Gasteiger partial charge < -0.3 is 20.9 Å². The highest BCUT2D eigenvalue weighted by Crippen LogP contribution is 2.22. The number of urea groups is 1. The molecule has 1 heterocycles. The maximum Gasteiger partial charge on any atom is 0.319 e. The monoisotopic (exact) mass is 408 g/mol. The van der Waals surface area contributed by atoms with Crippen LogP contribution in [0, 0.1) is 12.8 Å². The normalized spacial score (nSPS) is 15.9. The Morgan fingerprint density at radius 2 is 1.73 bits per heavy atom. The smallest absolute Gasteiger partial charge is 0.319 e. The van der Waals surface area contributed by atoms with Crippen molar-refractivity contribution in [3.8, 4) is 0 Å². The second kappa shape index (κ2) is 9.91. The van der Waals surface area contributed by atoms with Crippen molar-refractivity contribution < 1.29 is 14.4 Å². The van der Waals surface area contributed by atoms with E-state index in [0.29, 0.717) is 36.6 Å². The van der Waals surface area contributed by atoms with Gasteiger partial charge in [0.1, 0.15) is 0 Å². The van der Waals surface area contributed by atoms with Crippen molar-refractivity contribution in [2.75, 3.05) is 30.3 Å². The molecule has 4 amide bonds. The molecule has 0 aromatic heterocycles. The Morgan fingerprint density at radius 1 is 1.03 bits per heavy atom. The highest BCUT2D eigenvalue weighted by Gasteiger charge is 2.29. The third-order valence-corrected chi connectivity index (χ3v) is 5.10. The van der Waals surface area contributed by atoms with Gasteiger partial charge in [0, 0.05) is 36.6 Å². The van der Waals surface area contributed by atoms with Gasteiger partial charge in [0.15, 0.2) is 0 Å². The van der Waals surface area contributed by atoms with Gasteiger partial charge in [-0.1, -0.05) is 23.8 Å². The highest BCUT2D eigenvalue weighted by atomic mass is 16.2. The van der Waals surface area contributed by atoms with Gasteiger partial charge in [-0.05, 0) is 57.0 Å². The van der Waals surface area contributed by atoms with Gasteiger partial charge in [0.05, 0.1) is 5.92 Å². The van der Waals surface area contributed by atoms with Crippen LogP contribution in [0.2, 0.25) is 0 Å². The minimum Gasteiger partial charge on any atom is -0.338 e. The average Bonchev–Trinajstić information content (AvgIpc) is 2.74. The summed E-state index contributed by atoms with van der Waals surface area (Å²) in [6, 6.07) is 14.2. The number of piperidine rings is 1. The van der Waals surface area contributed by atoms with Crippen LogP contribution in [0.15, 0.2) is 48.5 Å². The number of nitrogens with zero attached hydrogens (tertiary/aromatic N) is 1. The lowest BCUT2D eigenvalue weighted by molar-refractivity contribution is -0.121. The molecular formula is C23H28N4O3. The van der Waals surface area contributed by atoms with E-state index in [2.05, 4.69) is 16.0 Å². The standard InChI is InChI=1S/C23H28N4O3/c1-3-24-23(30)26-20-8-4-7-19(14-20)25-21(28)18-6-5-13-27(15-18)22(29)17-11-9-16(2)10-12-17/h4,7-12,14,18H,3,5-6,13,15H2,1-2H3,(H,25,28)(H2,24,26,30). The number of rotatable bonds is 5. The first kappa shape index (κ1) is 21.4. The molecule has 1 aliphatic rings. The van der Waals surface area contributed by atoms with Gasteiger partial charge >= 0.3 is 6.03 Å².